The molecule has 0 saturated carbocycles. The first-order valence-corrected chi connectivity index (χ1v) is 19.1. The molecule has 0 radical (unpaired) electrons. The van der Waals surface area contributed by atoms with E-state index in [2.05, 4.69) is 5.32 Å². The summed E-state index contributed by atoms with van der Waals surface area (Å²) in [5, 5.41) is 2.91. The summed E-state index contributed by atoms with van der Waals surface area (Å²) in [5.74, 6) is -0.159. The molecule has 1 aliphatic rings. The van der Waals surface area contributed by atoms with Crippen LogP contribution >= 0.6 is 0 Å². The van der Waals surface area contributed by atoms with Crippen molar-refractivity contribution < 1.29 is 42.5 Å². The molecule has 2 unspecified atom stereocenters. The Balaban J connectivity index is 1.37. The number of benzene rings is 4. The fourth-order valence-electron chi connectivity index (χ4n) is 6.24. The molecule has 0 aliphatic carbocycles. The number of nitrogens with one attached hydrogen (secondary N) is 1. The average Bonchev–Trinajstić information content (AvgIpc) is 3.20. The lowest BCUT2D eigenvalue weighted by Crippen LogP contribution is -2.40. The molecule has 1 aliphatic heterocycles. The molecular formula is C44H51FN2O8. The first kappa shape index (κ1) is 40.8. The molecule has 1 fully saturated rings. The molecule has 1 heterocycles. The van der Waals surface area contributed by atoms with Gasteiger partial charge in [0, 0.05) is 61.3 Å². The minimum Gasteiger partial charge on any atom is -0.488 e. The minimum absolute atomic E-state index is 0.0147. The van der Waals surface area contributed by atoms with Crippen LogP contribution in [-0.2, 0) is 36.9 Å². The Morgan fingerprint density at radius 1 is 0.855 bits per heavy atom. The Bertz CT molecular complexity index is 1880. The average molecular weight is 755 g/mol. The van der Waals surface area contributed by atoms with Crippen molar-refractivity contribution in [3.05, 3.63) is 107 Å². The van der Waals surface area contributed by atoms with Crippen LogP contribution in [0.3, 0.4) is 0 Å². The molecule has 1 N–H and O–H groups in total. The van der Waals surface area contributed by atoms with Crippen LogP contribution in [0.2, 0.25) is 0 Å². The van der Waals surface area contributed by atoms with E-state index in [1.54, 1.807) is 49.1 Å². The number of nitrogens with zero attached hydrogens (tertiary/aromatic N) is 1. The fourth-order valence-corrected chi connectivity index (χ4v) is 6.24. The van der Waals surface area contributed by atoms with E-state index in [1.165, 1.54) is 12.1 Å². The normalized spacial score (nSPS) is 13.7. The van der Waals surface area contributed by atoms with E-state index in [9.17, 15) is 18.8 Å². The van der Waals surface area contributed by atoms with Gasteiger partial charge in [0.05, 0.1) is 25.7 Å². The molecule has 2 amide bonds. The summed E-state index contributed by atoms with van der Waals surface area (Å²) in [6, 6.07) is 25.1. The summed E-state index contributed by atoms with van der Waals surface area (Å²) < 4.78 is 44.0. The number of morpholine rings is 1. The highest BCUT2D eigenvalue weighted by molar-refractivity contribution is 5.91. The lowest BCUT2D eigenvalue weighted by atomic mass is 9.99. The monoisotopic (exact) mass is 754 g/mol. The van der Waals surface area contributed by atoms with E-state index in [0.717, 1.165) is 22.3 Å². The van der Waals surface area contributed by atoms with Crippen molar-refractivity contribution in [2.75, 3.05) is 38.2 Å². The Labute approximate surface area is 322 Å². The SMILES string of the molecule is CCOC(=O)C(C)c1ccc(NC(=O)CCCC(=O)N2CCOCC2)cc1OC(CC)Oc1cc(OCc2ccccc2)c(-c2ccc(F)cc2)cc1CC. The zero-order valence-corrected chi connectivity index (χ0v) is 32.1. The zero-order chi connectivity index (χ0) is 39.2. The first-order valence-electron chi connectivity index (χ1n) is 19.1. The van der Waals surface area contributed by atoms with Gasteiger partial charge in [0.15, 0.2) is 0 Å². The predicted molar refractivity (Wildman–Crippen MR) is 209 cm³/mol. The molecule has 10 nitrogen and oxygen atoms in total. The van der Waals surface area contributed by atoms with Gasteiger partial charge >= 0.3 is 5.97 Å². The molecule has 292 valence electrons. The van der Waals surface area contributed by atoms with E-state index in [0.29, 0.717) is 80.7 Å². The summed E-state index contributed by atoms with van der Waals surface area (Å²) in [7, 11) is 0. The van der Waals surface area contributed by atoms with Gasteiger partial charge in [-0.2, -0.15) is 0 Å². The molecule has 11 heteroatoms. The van der Waals surface area contributed by atoms with Crippen LogP contribution < -0.4 is 19.5 Å². The van der Waals surface area contributed by atoms with Crippen LogP contribution in [0.1, 0.15) is 76.0 Å². The molecule has 0 bridgehead atoms. The third-order valence-corrected chi connectivity index (χ3v) is 9.35. The topological polar surface area (TPSA) is 113 Å². The Kier molecular flexibility index (Phi) is 15.1. The second-order valence-electron chi connectivity index (χ2n) is 13.3. The fraction of sp³-hybridized carbons (Fsp3) is 0.386. The van der Waals surface area contributed by atoms with Crippen molar-refractivity contribution in [1.29, 1.82) is 0 Å². The maximum absolute atomic E-state index is 13.9. The molecule has 0 spiro atoms. The molecule has 1 saturated heterocycles. The number of rotatable bonds is 18. The zero-order valence-electron chi connectivity index (χ0n) is 32.1. The van der Waals surface area contributed by atoms with E-state index in [-0.39, 0.29) is 37.1 Å². The summed E-state index contributed by atoms with van der Waals surface area (Å²) in [4.78, 5) is 40.2. The summed E-state index contributed by atoms with van der Waals surface area (Å²) >= 11 is 0. The van der Waals surface area contributed by atoms with Gasteiger partial charge in [-0.15, -0.1) is 0 Å². The van der Waals surface area contributed by atoms with Gasteiger partial charge in [-0.3, -0.25) is 14.4 Å². The van der Waals surface area contributed by atoms with E-state index in [1.807, 2.05) is 56.3 Å². The third-order valence-electron chi connectivity index (χ3n) is 9.35. The Morgan fingerprint density at radius 2 is 1.58 bits per heavy atom. The number of amides is 2. The number of hydrogen-bond acceptors (Lipinski definition) is 8. The molecule has 4 aromatic carbocycles. The highest BCUT2D eigenvalue weighted by Crippen LogP contribution is 2.39. The van der Waals surface area contributed by atoms with E-state index >= 15 is 0 Å². The smallest absolute Gasteiger partial charge is 0.313 e. The van der Waals surface area contributed by atoms with Gasteiger partial charge in [-0.25, -0.2) is 4.39 Å². The van der Waals surface area contributed by atoms with Crippen LogP contribution in [0.4, 0.5) is 10.1 Å². The van der Waals surface area contributed by atoms with E-state index in [4.69, 9.17) is 23.7 Å². The van der Waals surface area contributed by atoms with Crippen molar-refractivity contribution in [3.8, 4) is 28.4 Å². The molecule has 4 aromatic rings. The van der Waals surface area contributed by atoms with Crippen LogP contribution in [0.5, 0.6) is 17.2 Å². The quantitative estimate of drug-likeness (QED) is 0.0796. The number of hydrogen-bond donors (Lipinski definition) is 1. The van der Waals surface area contributed by atoms with Gasteiger partial charge in [-0.05, 0) is 67.6 Å². The summed E-state index contributed by atoms with van der Waals surface area (Å²) in [5.41, 5.74) is 4.53. The lowest BCUT2D eigenvalue weighted by Gasteiger charge is -2.26. The highest BCUT2D eigenvalue weighted by Gasteiger charge is 2.25. The first-order chi connectivity index (χ1) is 26.7. The van der Waals surface area contributed by atoms with E-state index < -0.39 is 18.2 Å². The van der Waals surface area contributed by atoms with Crippen LogP contribution in [-0.4, -0.2) is 61.9 Å². The Morgan fingerprint density at radius 3 is 2.27 bits per heavy atom. The highest BCUT2D eigenvalue weighted by atomic mass is 19.1. The molecule has 5 rings (SSSR count). The second-order valence-corrected chi connectivity index (χ2v) is 13.3. The van der Waals surface area contributed by atoms with Crippen molar-refractivity contribution in [2.45, 2.75) is 78.6 Å². The van der Waals surface area contributed by atoms with Gasteiger partial charge in [-0.1, -0.05) is 62.4 Å². The van der Waals surface area contributed by atoms with Crippen molar-refractivity contribution in [1.82, 2.24) is 4.90 Å². The molecule has 2 atom stereocenters. The second kappa shape index (κ2) is 20.3. The predicted octanol–water partition coefficient (Wildman–Crippen LogP) is 8.46. The molecular weight excluding hydrogens is 703 g/mol. The van der Waals surface area contributed by atoms with Gasteiger partial charge < -0.3 is 33.9 Å². The minimum atomic E-state index is -0.797. The number of esters is 1. The number of aryl methyl sites for hydroxylation is 1. The number of anilines is 1. The number of carbonyl (C=O) groups excluding carboxylic acids is 3. The standard InChI is InChI=1S/C44H51FN2O8/c1-5-32-26-37(33-16-18-34(45)19-17-33)39(53-29-31-12-9-8-10-13-31)28-38(32)54-43(6-2)55-40-27-35(20-21-36(40)30(4)44(50)52-7-3)46-41(48)14-11-15-42(49)47-22-24-51-25-23-47/h8-10,12-13,16-21,26-28,30,43H,5-7,11,14-15,22-25,29H2,1-4H3,(H,46,48). The van der Waals surface area contributed by atoms with Gasteiger partial charge in [0.2, 0.25) is 18.1 Å². The summed E-state index contributed by atoms with van der Waals surface area (Å²) in [6.07, 6.45) is 1.11. The lowest BCUT2D eigenvalue weighted by molar-refractivity contribution is -0.144. The van der Waals surface area contributed by atoms with Gasteiger partial charge in [0.25, 0.3) is 0 Å². The maximum Gasteiger partial charge on any atom is 0.313 e. The Hall–Kier alpha value is -5.42. The van der Waals surface area contributed by atoms with Crippen molar-refractivity contribution in [2.24, 2.45) is 0 Å². The number of carbonyl (C=O) groups is 3. The van der Waals surface area contributed by atoms with Crippen LogP contribution in [0.15, 0.2) is 84.9 Å². The largest absolute Gasteiger partial charge is 0.488 e. The van der Waals surface area contributed by atoms with Gasteiger partial charge in [0.1, 0.15) is 29.7 Å². The number of halogens is 1. The third kappa shape index (κ3) is 11.5. The molecule has 55 heavy (non-hydrogen) atoms. The van der Waals surface area contributed by atoms with Crippen LogP contribution in [0, 0.1) is 5.82 Å². The van der Waals surface area contributed by atoms with Crippen molar-refractivity contribution in [3.63, 3.8) is 0 Å². The molecule has 0 aromatic heterocycles. The maximum atomic E-state index is 13.9. The van der Waals surface area contributed by atoms with Crippen molar-refractivity contribution >= 4 is 23.5 Å². The van der Waals surface area contributed by atoms with Crippen LogP contribution in [0.25, 0.3) is 11.1 Å². The number of ether oxygens (including phenoxy) is 5. The summed E-state index contributed by atoms with van der Waals surface area (Å²) in [6.45, 7) is 10.2.